The number of pyridine rings is 1. The molecule has 0 unspecified atom stereocenters. The number of benzene rings is 1. The number of aromatic nitrogens is 4. The van der Waals surface area contributed by atoms with E-state index in [4.69, 9.17) is 5.73 Å². The minimum atomic E-state index is -0.872. The molecule has 3 N–H and O–H groups in total. The van der Waals surface area contributed by atoms with Crippen molar-refractivity contribution in [1.29, 1.82) is 0 Å². The van der Waals surface area contributed by atoms with Crippen molar-refractivity contribution in [1.82, 2.24) is 25.1 Å². The number of amides is 3. The summed E-state index contributed by atoms with van der Waals surface area (Å²) >= 11 is 1.26. The molecule has 3 amide bonds. The first-order valence-electron chi connectivity index (χ1n) is 9.10. The van der Waals surface area contributed by atoms with Crippen LogP contribution in [0, 0.1) is 5.92 Å². The Morgan fingerprint density at radius 3 is 2.52 bits per heavy atom. The molecular weight excluding hydrogens is 388 g/mol. The highest BCUT2D eigenvalue weighted by Crippen LogP contribution is 2.30. The number of carbonyl (C=O) groups is 2. The van der Waals surface area contributed by atoms with Crippen LogP contribution < -0.4 is 11.1 Å². The fourth-order valence-electron chi connectivity index (χ4n) is 2.79. The number of nitrogens with zero attached hydrogens (tertiary/aromatic N) is 4. The molecule has 2 aromatic heterocycles. The van der Waals surface area contributed by atoms with E-state index in [0.29, 0.717) is 17.5 Å². The molecule has 0 spiro atoms. The van der Waals surface area contributed by atoms with Gasteiger partial charge in [0.1, 0.15) is 0 Å². The van der Waals surface area contributed by atoms with Crippen LogP contribution in [0.15, 0.2) is 60.0 Å². The van der Waals surface area contributed by atoms with E-state index in [9.17, 15) is 9.59 Å². The van der Waals surface area contributed by atoms with E-state index in [0.717, 1.165) is 11.1 Å². The topological polar surface area (TPSA) is 116 Å². The Morgan fingerprint density at radius 2 is 1.90 bits per heavy atom. The third-order valence-corrected chi connectivity index (χ3v) is 5.69. The molecule has 8 nitrogen and oxygen atoms in total. The maximum atomic E-state index is 12.4. The predicted molar refractivity (Wildman–Crippen MR) is 111 cm³/mol. The van der Waals surface area contributed by atoms with Gasteiger partial charge >= 0.3 is 6.03 Å². The van der Waals surface area contributed by atoms with Gasteiger partial charge in [0.2, 0.25) is 5.91 Å². The van der Waals surface area contributed by atoms with E-state index in [1.165, 1.54) is 11.8 Å². The average molecular weight is 411 g/mol. The third-order valence-electron chi connectivity index (χ3n) is 4.16. The van der Waals surface area contributed by atoms with Crippen LogP contribution in [-0.4, -0.2) is 36.9 Å². The van der Waals surface area contributed by atoms with Gasteiger partial charge in [-0.1, -0.05) is 55.9 Å². The van der Waals surface area contributed by atoms with Gasteiger partial charge in [0, 0.05) is 18.0 Å². The molecule has 2 heterocycles. The lowest BCUT2D eigenvalue weighted by molar-refractivity contribution is -0.120. The molecule has 3 aromatic rings. The summed E-state index contributed by atoms with van der Waals surface area (Å²) in [6, 6.07) is 12.8. The number of thioether (sulfide) groups is 1. The van der Waals surface area contributed by atoms with Crippen LogP contribution in [0.5, 0.6) is 0 Å². The van der Waals surface area contributed by atoms with E-state index < -0.39 is 17.2 Å². The molecule has 0 aliphatic heterocycles. The average Bonchev–Trinajstić information content (AvgIpc) is 3.09. The van der Waals surface area contributed by atoms with Gasteiger partial charge in [0.15, 0.2) is 11.0 Å². The molecular formula is C20H22N6O2S. The lowest BCUT2D eigenvalue weighted by Gasteiger charge is -2.19. The highest BCUT2D eigenvalue weighted by Gasteiger charge is 2.28. The monoisotopic (exact) mass is 410 g/mol. The first kappa shape index (κ1) is 20.5. The zero-order chi connectivity index (χ0) is 20.8. The number of hydrogen-bond donors (Lipinski definition) is 2. The van der Waals surface area contributed by atoms with Crippen LogP contribution in [0.1, 0.15) is 19.4 Å². The normalized spacial score (nSPS) is 12.0. The van der Waals surface area contributed by atoms with Crippen LogP contribution in [0.4, 0.5) is 4.79 Å². The largest absolute Gasteiger partial charge is 0.351 e. The molecule has 0 fully saturated rings. The molecule has 0 radical (unpaired) electrons. The second kappa shape index (κ2) is 9.33. The maximum Gasteiger partial charge on any atom is 0.318 e. The van der Waals surface area contributed by atoms with Gasteiger partial charge in [-0.3, -0.25) is 19.7 Å². The Labute approximate surface area is 172 Å². The Bertz CT molecular complexity index is 975. The lowest BCUT2D eigenvalue weighted by Crippen LogP contribution is -2.42. The van der Waals surface area contributed by atoms with Crippen molar-refractivity contribution >= 4 is 23.7 Å². The van der Waals surface area contributed by atoms with Gasteiger partial charge < -0.3 is 5.73 Å². The summed E-state index contributed by atoms with van der Waals surface area (Å²) in [6.07, 6.45) is 3.42. The first-order chi connectivity index (χ1) is 14.0. The Balaban J connectivity index is 1.98. The second-order valence-corrected chi connectivity index (χ2v) is 7.86. The summed E-state index contributed by atoms with van der Waals surface area (Å²) in [4.78, 5) is 27.7. The number of imide groups is 1. The predicted octanol–water partition coefficient (Wildman–Crippen LogP) is 2.70. The van der Waals surface area contributed by atoms with Gasteiger partial charge in [-0.25, -0.2) is 4.79 Å². The summed E-state index contributed by atoms with van der Waals surface area (Å²) in [5, 5.41) is 10.9. The molecule has 0 aliphatic rings. The Hall–Kier alpha value is -3.20. The number of nitrogens with two attached hydrogens (primary N) is 1. The van der Waals surface area contributed by atoms with E-state index in [2.05, 4.69) is 20.5 Å². The summed E-state index contributed by atoms with van der Waals surface area (Å²) in [7, 11) is 0. The van der Waals surface area contributed by atoms with Gasteiger partial charge in [0.05, 0.1) is 11.8 Å². The molecule has 29 heavy (non-hydrogen) atoms. The number of primary amides is 1. The molecule has 1 atom stereocenters. The quantitative estimate of drug-likeness (QED) is 0.579. The molecule has 0 saturated carbocycles. The molecule has 9 heteroatoms. The van der Waals surface area contributed by atoms with Gasteiger partial charge in [-0.15, -0.1) is 10.2 Å². The molecule has 3 rings (SSSR count). The second-order valence-electron chi connectivity index (χ2n) is 6.76. The maximum absolute atomic E-state index is 12.4. The molecule has 1 aromatic carbocycles. The highest BCUT2D eigenvalue weighted by molar-refractivity contribution is 8.00. The smallest absolute Gasteiger partial charge is 0.318 e. The van der Waals surface area contributed by atoms with Crippen molar-refractivity contribution < 1.29 is 9.59 Å². The van der Waals surface area contributed by atoms with Crippen molar-refractivity contribution in [2.45, 2.75) is 30.8 Å². The third kappa shape index (κ3) is 5.20. The Morgan fingerprint density at radius 1 is 1.14 bits per heavy atom. The van der Waals surface area contributed by atoms with Gasteiger partial charge in [0.25, 0.3) is 0 Å². The molecule has 0 bridgehead atoms. The van der Waals surface area contributed by atoms with Crippen molar-refractivity contribution in [2.75, 3.05) is 0 Å². The van der Waals surface area contributed by atoms with E-state index in [1.54, 1.807) is 12.4 Å². The minimum Gasteiger partial charge on any atom is -0.351 e. The molecule has 0 saturated heterocycles. The molecule has 0 aliphatic carbocycles. The zero-order valence-corrected chi connectivity index (χ0v) is 17.0. The van der Waals surface area contributed by atoms with E-state index in [1.807, 2.05) is 60.9 Å². The fraction of sp³-hybridized carbons (Fsp3) is 0.250. The number of urea groups is 1. The van der Waals surface area contributed by atoms with Gasteiger partial charge in [-0.2, -0.15) is 0 Å². The van der Waals surface area contributed by atoms with Gasteiger partial charge in [-0.05, 0) is 23.6 Å². The number of carbonyl (C=O) groups excluding carboxylic acids is 2. The minimum absolute atomic E-state index is 0.0527. The van der Waals surface area contributed by atoms with Crippen molar-refractivity contribution in [3.63, 3.8) is 0 Å². The lowest BCUT2D eigenvalue weighted by atomic mass is 10.1. The molecule has 150 valence electrons. The number of nitrogens with one attached hydrogen (secondary N) is 1. The van der Waals surface area contributed by atoms with Crippen LogP contribution in [0.3, 0.4) is 0 Å². The number of hydrogen-bond acceptors (Lipinski definition) is 6. The summed E-state index contributed by atoms with van der Waals surface area (Å²) in [5.41, 5.74) is 7.01. The SMILES string of the molecule is CC(C)[C@@H](Sc1nnc(-c2cccnc2)n1Cc1ccccc1)C(=O)NC(N)=O. The number of rotatable bonds is 7. The zero-order valence-electron chi connectivity index (χ0n) is 16.1. The van der Waals surface area contributed by atoms with E-state index >= 15 is 0 Å². The summed E-state index contributed by atoms with van der Waals surface area (Å²) in [6.45, 7) is 4.33. The standard InChI is InChI=1S/C20H22N6O2S/c1-13(2)16(18(27)23-19(21)28)29-20-25-24-17(15-9-6-10-22-11-15)26(20)12-14-7-4-3-5-8-14/h3-11,13,16H,12H2,1-2H3,(H3,21,23,27,28)/t16-/m1/s1. The van der Waals surface area contributed by atoms with Crippen molar-refractivity contribution in [2.24, 2.45) is 11.7 Å². The first-order valence-corrected chi connectivity index (χ1v) is 9.98. The summed E-state index contributed by atoms with van der Waals surface area (Å²) < 4.78 is 1.95. The van der Waals surface area contributed by atoms with Crippen molar-refractivity contribution in [3.8, 4) is 11.4 Å². The highest BCUT2D eigenvalue weighted by atomic mass is 32.2. The van der Waals surface area contributed by atoms with Crippen LogP contribution in [-0.2, 0) is 11.3 Å². The van der Waals surface area contributed by atoms with Crippen LogP contribution >= 0.6 is 11.8 Å². The van der Waals surface area contributed by atoms with E-state index in [-0.39, 0.29) is 5.92 Å². The van der Waals surface area contributed by atoms with Crippen LogP contribution in [0.2, 0.25) is 0 Å². The van der Waals surface area contributed by atoms with Crippen molar-refractivity contribution in [3.05, 3.63) is 60.4 Å². The fourth-order valence-corrected chi connectivity index (χ4v) is 3.82. The Kier molecular flexibility index (Phi) is 6.61. The summed E-state index contributed by atoms with van der Waals surface area (Å²) in [5.74, 6) is 0.153. The van der Waals surface area contributed by atoms with Crippen LogP contribution in [0.25, 0.3) is 11.4 Å².